The molecule has 0 aliphatic carbocycles. The third-order valence-corrected chi connectivity index (χ3v) is 2.65. The van der Waals surface area contributed by atoms with E-state index >= 15 is 0 Å². The van der Waals surface area contributed by atoms with Gasteiger partial charge in [0.15, 0.2) is 5.71 Å². The van der Waals surface area contributed by atoms with Crippen LogP contribution in [-0.4, -0.2) is 45.3 Å². The summed E-state index contributed by atoms with van der Waals surface area (Å²) < 4.78 is 0. The number of carboxylic acid groups (broad SMARTS) is 1. The molecule has 0 radical (unpaired) electrons. The summed E-state index contributed by atoms with van der Waals surface area (Å²) in [5.74, 6) is -0.643. The van der Waals surface area contributed by atoms with Crippen molar-refractivity contribution in [2.75, 3.05) is 6.54 Å². The Morgan fingerprint density at radius 1 is 1.58 bits per heavy atom. The Hall–Kier alpha value is -2.38. The number of aliphatic carboxylic acids is 1. The minimum atomic E-state index is -1.16. The normalized spacial score (nSPS) is 17.7. The molecule has 0 fully saturated rings. The number of H-pyrrole nitrogens is 1. The van der Waals surface area contributed by atoms with Crippen molar-refractivity contribution < 1.29 is 19.5 Å². The van der Waals surface area contributed by atoms with E-state index in [2.05, 4.69) is 20.4 Å². The maximum atomic E-state index is 11.6. The first kappa shape index (κ1) is 13.1. The molecule has 8 nitrogen and oxygen atoms in total. The van der Waals surface area contributed by atoms with Gasteiger partial charge in [-0.15, -0.1) is 0 Å². The number of carbonyl (C=O) groups excluding carboxylic acids is 1. The lowest BCUT2D eigenvalue weighted by Crippen LogP contribution is -2.35. The number of aryl methyl sites for hydroxylation is 1. The number of rotatable bonds is 6. The van der Waals surface area contributed by atoms with Crippen molar-refractivity contribution in [3.8, 4) is 0 Å². The molecule has 1 aromatic rings. The predicted octanol–water partition coefficient (Wildman–Crippen LogP) is -0.312. The average Bonchev–Trinajstić information content (AvgIpc) is 3.05. The zero-order valence-corrected chi connectivity index (χ0v) is 10.1. The van der Waals surface area contributed by atoms with Crippen molar-refractivity contribution in [2.24, 2.45) is 5.16 Å². The fourth-order valence-electron chi connectivity index (χ4n) is 1.66. The van der Waals surface area contributed by atoms with Gasteiger partial charge in [-0.05, 0) is 6.42 Å². The Labute approximate surface area is 108 Å². The number of amides is 1. The Bertz CT molecular complexity index is 483. The van der Waals surface area contributed by atoms with Crippen LogP contribution >= 0.6 is 0 Å². The van der Waals surface area contributed by atoms with Crippen LogP contribution in [0, 0.1) is 0 Å². The van der Waals surface area contributed by atoms with Crippen molar-refractivity contribution >= 4 is 17.6 Å². The Kier molecular flexibility index (Phi) is 4.11. The van der Waals surface area contributed by atoms with Gasteiger partial charge in [0, 0.05) is 31.8 Å². The Morgan fingerprint density at radius 2 is 2.42 bits per heavy atom. The second-order valence-corrected chi connectivity index (χ2v) is 4.07. The minimum absolute atomic E-state index is 0.000644. The van der Waals surface area contributed by atoms with Gasteiger partial charge >= 0.3 is 5.97 Å². The van der Waals surface area contributed by atoms with Crippen LogP contribution in [0.2, 0.25) is 0 Å². The van der Waals surface area contributed by atoms with Gasteiger partial charge in [0.05, 0.1) is 0 Å². The van der Waals surface area contributed by atoms with E-state index in [4.69, 9.17) is 9.94 Å². The Morgan fingerprint density at radius 3 is 3.05 bits per heavy atom. The van der Waals surface area contributed by atoms with Crippen LogP contribution < -0.4 is 5.32 Å². The maximum absolute atomic E-state index is 11.6. The number of aromatic amines is 1. The lowest BCUT2D eigenvalue weighted by Gasteiger charge is -2.08. The zero-order chi connectivity index (χ0) is 13.7. The highest BCUT2D eigenvalue weighted by Gasteiger charge is 2.31. The van der Waals surface area contributed by atoms with Gasteiger partial charge in [0.1, 0.15) is 5.82 Å². The molecule has 0 bridgehead atoms. The molecule has 1 unspecified atom stereocenters. The molecule has 0 aromatic carbocycles. The minimum Gasteiger partial charge on any atom is -0.477 e. The molecular formula is C11H14N4O4. The number of carboxylic acids is 1. The standard InChI is InChI=1S/C11H14N4O4/c16-10(8-6-7(11(17)18)15-19-8)14-3-1-2-9-12-4-5-13-9/h4-5,8H,1-3,6H2,(H,12,13)(H,14,16)(H,17,18). The molecule has 2 rings (SSSR count). The molecule has 102 valence electrons. The summed E-state index contributed by atoms with van der Waals surface area (Å²) in [7, 11) is 0. The molecule has 19 heavy (non-hydrogen) atoms. The van der Waals surface area contributed by atoms with Crippen LogP contribution in [0.4, 0.5) is 0 Å². The van der Waals surface area contributed by atoms with E-state index < -0.39 is 12.1 Å². The number of nitrogens with one attached hydrogen (secondary N) is 2. The van der Waals surface area contributed by atoms with Gasteiger partial charge in [-0.2, -0.15) is 0 Å². The molecule has 1 atom stereocenters. The molecule has 1 aliphatic heterocycles. The number of carbonyl (C=O) groups is 2. The molecule has 1 amide bonds. The molecular weight excluding hydrogens is 252 g/mol. The first-order chi connectivity index (χ1) is 9.16. The number of hydrogen-bond donors (Lipinski definition) is 3. The van der Waals surface area contributed by atoms with E-state index in [1.54, 1.807) is 12.4 Å². The highest BCUT2D eigenvalue weighted by Crippen LogP contribution is 2.10. The van der Waals surface area contributed by atoms with Crippen molar-refractivity contribution in [2.45, 2.75) is 25.4 Å². The van der Waals surface area contributed by atoms with E-state index in [0.29, 0.717) is 6.54 Å². The summed E-state index contributed by atoms with van der Waals surface area (Å²) in [5.41, 5.74) is -0.129. The quantitative estimate of drug-likeness (QED) is 0.610. The number of nitrogens with zero attached hydrogens (tertiary/aromatic N) is 2. The monoisotopic (exact) mass is 266 g/mol. The highest BCUT2D eigenvalue weighted by atomic mass is 16.6. The van der Waals surface area contributed by atoms with Gasteiger partial charge in [-0.1, -0.05) is 5.16 Å². The van der Waals surface area contributed by atoms with Crippen LogP contribution in [0.25, 0.3) is 0 Å². The topological polar surface area (TPSA) is 117 Å². The van der Waals surface area contributed by atoms with Crippen molar-refractivity contribution in [1.82, 2.24) is 15.3 Å². The highest BCUT2D eigenvalue weighted by molar-refractivity contribution is 6.36. The van der Waals surface area contributed by atoms with Crippen LogP contribution in [0.5, 0.6) is 0 Å². The van der Waals surface area contributed by atoms with E-state index in [1.165, 1.54) is 0 Å². The lowest BCUT2D eigenvalue weighted by molar-refractivity contribution is -0.131. The van der Waals surface area contributed by atoms with Crippen LogP contribution in [0.1, 0.15) is 18.7 Å². The van der Waals surface area contributed by atoms with Crippen LogP contribution in [0.15, 0.2) is 17.5 Å². The summed E-state index contributed by atoms with van der Waals surface area (Å²) >= 11 is 0. The second kappa shape index (κ2) is 5.98. The van der Waals surface area contributed by atoms with Crippen molar-refractivity contribution in [3.05, 3.63) is 18.2 Å². The van der Waals surface area contributed by atoms with E-state index in [9.17, 15) is 9.59 Å². The van der Waals surface area contributed by atoms with E-state index in [-0.39, 0.29) is 18.0 Å². The average molecular weight is 266 g/mol. The summed E-state index contributed by atoms with van der Waals surface area (Å²) in [5, 5.41) is 14.7. The Balaban J connectivity index is 1.64. The number of oxime groups is 1. The molecule has 0 spiro atoms. The van der Waals surface area contributed by atoms with Gasteiger partial charge in [-0.25, -0.2) is 9.78 Å². The third kappa shape index (κ3) is 3.54. The molecule has 0 saturated heterocycles. The molecule has 3 N–H and O–H groups in total. The van der Waals surface area contributed by atoms with E-state index in [0.717, 1.165) is 18.7 Å². The maximum Gasteiger partial charge on any atom is 0.353 e. The number of imidazole rings is 1. The second-order valence-electron chi connectivity index (χ2n) is 4.07. The van der Waals surface area contributed by atoms with Crippen LogP contribution in [0.3, 0.4) is 0 Å². The summed E-state index contributed by atoms with van der Waals surface area (Å²) in [6.45, 7) is 0.474. The van der Waals surface area contributed by atoms with Crippen LogP contribution in [-0.2, 0) is 20.8 Å². The lowest BCUT2D eigenvalue weighted by atomic mass is 10.1. The number of hydrogen-bond acceptors (Lipinski definition) is 5. The van der Waals surface area contributed by atoms with E-state index in [1.807, 2.05) is 0 Å². The van der Waals surface area contributed by atoms with Gasteiger partial charge in [-0.3, -0.25) is 4.79 Å². The summed E-state index contributed by atoms with van der Waals surface area (Å²) in [4.78, 5) is 34.1. The third-order valence-electron chi connectivity index (χ3n) is 2.65. The molecule has 8 heteroatoms. The largest absolute Gasteiger partial charge is 0.477 e. The molecule has 0 saturated carbocycles. The van der Waals surface area contributed by atoms with Crippen molar-refractivity contribution in [3.63, 3.8) is 0 Å². The molecule has 2 heterocycles. The molecule has 1 aliphatic rings. The zero-order valence-electron chi connectivity index (χ0n) is 10.1. The number of aromatic nitrogens is 2. The van der Waals surface area contributed by atoms with Gasteiger partial charge in [0.25, 0.3) is 5.91 Å². The van der Waals surface area contributed by atoms with Crippen molar-refractivity contribution in [1.29, 1.82) is 0 Å². The first-order valence-corrected chi connectivity index (χ1v) is 5.89. The SMILES string of the molecule is O=C(O)C1=NOC(C(=O)NCCCc2ncc[nH]2)C1. The first-order valence-electron chi connectivity index (χ1n) is 5.89. The summed E-state index contributed by atoms with van der Waals surface area (Å²) in [6, 6.07) is 0. The summed E-state index contributed by atoms with van der Waals surface area (Å²) in [6.07, 6.45) is 4.04. The molecule has 1 aromatic heterocycles. The fourth-order valence-corrected chi connectivity index (χ4v) is 1.66. The predicted molar refractivity (Wildman–Crippen MR) is 64.5 cm³/mol. The fraction of sp³-hybridized carbons (Fsp3) is 0.455. The smallest absolute Gasteiger partial charge is 0.353 e. The van der Waals surface area contributed by atoms with Gasteiger partial charge < -0.3 is 20.2 Å². The van der Waals surface area contributed by atoms with Gasteiger partial charge in [0.2, 0.25) is 6.10 Å².